The average molecular weight is 419 g/mol. The first kappa shape index (κ1) is 19.4. The quantitative estimate of drug-likeness (QED) is 0.590. The molecular weight excluding hydrogens is 408 g/mol. The van der Waals surface area contributed by atoms with Gasteiger partial charge in [0.15, 0.2) is 17.3 Å². The minimum absolute atomic E-state index is 0.0222. The van der Waals surface area contributed by atoms with Crippen LogP contribution >= 0.6 is 0 Å². The van der Waals surface area contributed by atoms with Crippen LogP contribution in [0.1, 0.15) is 18.7 Å². The molecule has 0 spiro atoms. The highest BCUT2D eigenvalue weighted by Gasteiger charge is 2.61. The Morgan fingerprint density at radius 2 is 1.79 bits per heavy atom. The van der Waals surface area contributed by atoms with Gasteiger partial charge in [-0.15, -0.1) is 10.2 Å². The molecule has 13 heteroatoms. The van der Waals surface area contributed by atoms with Crippen LogP contribution in [0.25, 0.3) is 16.9 Å². The second kappa shape index (κ2) is 6.27. The van der Waals surface area contributed by atoms with E-state index in [1.807, 2.05) is 0 Å². The highest BCUT2D eigenvalue weighted by molar-refractivity contribution is 5.59. The van der Waals surface area contributed by atoms with E-state index in [4.69, 9.17) is 4.74 Å². The van der Waals surface area contributed by atoms with Crippen LogP contribution in [0.4, 0.5) is 26.3 Å². The summed E-state index contributed by atoms with van der Waals surface area (Å²) in [6, 6.07) is 0.691. The lowest BCUT2D eigenvalue weighted by molar-refractivity contribution is -0.362. The molecule has 3 aromatic heterocycles. The zero-order chi connectivity index (χ0) is 21.0. The average Bonchev–Trinajstić information content (AvgIpc) is 3.33. The largest absolute Gasteiger partial charge is 0.500 e. The predicted octanol–water partition coefficient (Wildman–Crippen LogP) is 3.49. The summed E-state index contributed by atoms with van der Waals surface area (Å²) in [6.45, 7) is 0. The summed E-state index contributed by atoms with van der Waals surface area (Å²) < 4.78 is 87.1. The van der Waals surface area contributed by atoms with Crippen LogP contribution in [0, 0.1) is 5.82 Å². The minimum Gasteiger partial charge on any atom is -0.405 e. The smallest absolute Gasteiger partial charge is 0.405 e. The summed E-state index contributed by atoms with van der Waals surface area (Å²) >= 11 is 0. The Hall–Kier alpha value is -2.96. The number of halogens is 6. The molecule has 0 unspecified atom stereocenters. The second-order valence-electron chi connectivity index (χ2n) is 6.35. The molecule has 29 heavy (non-hydrogen) atoms. The Morgan fingerprint density at radius 1 is 1.07 bits per heavy atom. The fraction of sp³-hybridized carbons (Fsp3) is 0.375. The van der Waals surface area contributed by atoms with Crippen molar-refractivity contribution in [3.8, 4) is 17.1 Å². The van der Waals surface area contributed by atoms with Gasteiger partial charge in [-0.1, -0.05) is 0 Å². The third-order valence-corrected chi connectivity index (χ3v) is 4.45. The van der Waals surface area contributed by atoms with Crippen LogP contribution in [-0.4, -0.2) is 44.0 Å². The fourth-order valence-electron chi connectivity index (χ4n) is 2.71. The Balaban J connectivity index is 1.68. The number of pyridine rings is 1. The van der Waals surface area contributed by atoms with E-state index in [1.165, 1.54) is 19.5 Å². The molecule has 0 N–H and O–H groups in total. The van der Waals surface area contributed by atoms with Crippen molar-refractivity contribution in [1.82, 2.24) is 24.6 Å². The van der Waals surface area contributed by atoms with E-state index < -0.39 is 29.6 Å². The first-order chi connectivity index (χ1) is 13.6. The number of hydrogen-bond acceptors (Lipinski definition) is 6. The van der Waals surface area contributed by atoms with E-state index in [2.05, 4.69) is 24.9 Å². The molecule has 0 aliphatic heterocycles. The number of rotatable bonds is 5. The lowest BCUT2D eigenvalue weighted by atomic mass is 10.2. The molecule has 1 aliphatic rings. The van der Waals surface area contributed by atoms with Crippen molar-refractivity contribution in [1.29, 1.82) is 0 Å². The van der Waals surface area contributed by atoms with Crippen LogP contribution in [0.15, 0.2) is 24.7 Å². The van der Waals surface area contributed by atoms with Gasteiger partial charge in [0.2, 0.25) is 0 Å². The summed E-state index contributed by atoms with van der Waals surface area (Å²) in [5, 5.41) is 8.05. The van der Waals surface area contributed by atoms with Crippen molar-refractivity contribution < 1.29 is 35.8 Å². The number of fused-ring (bicyclic) bond motifs is 1. The van der Waals surface area contributed by atoms with Crippen molar-refractivity contribution in [2.24, 2.45) is 0 Å². The molecule has 7 nitrogen and oxygen atoms in total. The zero-order valence-electron chi connectivity index (χ0n) is 14.5. The third-order valence-electron chi connectivity index (χ3n) is 4.45. The molecular formula is C16H11F6N5O2. The molecule has 1 fully saturated rings. The molecule has 3 aromatic rings. The van der Waals surface area contributed by atoms with Crippen LogP contribution < -0.4 is 4.74 Å². The van der Waals surface area contributed by atoms with Crippen molar-refractivity contribution in [3.05, 3.63) is 36.3 Å². The number of methoxy groups -OCH3 is 1. The molecule has 0 amide bonds. The normalized spacial score (nSPS) is 16.2. The van der Waals surface area contributed by atoms with Gasteiger partial charge in [-0.3, -0.25) is 9.38 Å². The number of hydrogen-bond donors (Lipinski definition) is 0. The van der Waals surface area contributed by atoms with E-state index in [1.54, 1.807) is 4.40 Å². The first-order valence-corrected chi connectivity index (χ1v) is 8.12. The molecule has 3 heterocycles. The van der Waals surface area contributed by atoms with Gasteiger partial charge in [0.1, 0.15) is 5.60 Å². The minimum atomic E-state index is -6.02. The molecule has 0 radical (unpaired) electrons. The summed E-state index contributed by atoms with van der Waals surface area (Å²) in [4.78, 5) is 7.30. The summed E-state index contributed by atoms with van der Waals surface area (Å²) in [6.07, 6.45) is -6.46. The van der Waals surface area contributed by atoms with Gasteiger partial charge in [0.05, 0.1) is 11.9 Å². The monoisotopic (exact) mass is 419 g/mol. The topological polar surface area (TPSA) is 74.4 Å². The Labute approximate surface area is 158 Å². The second-order valence-corrected chi connectivity index (χ2v) is 6.35. The van der Waals surface area contributed by atoms with Crippen LogP contribution in [0.3, 0.4) is 0 Å². The van der Waals surface area contributed by atoms with Crippen molar-refractivity contribution in [2.45, 2.75) is 30.7 Å². The number of ether oxygens (including phenoxy) is 2. The molecule has 0 bridgehead atoms. The molecule has 1 aliphatic carbocycles. The van der Waals surface area contributed by atoms with Gasteiger partial charge in [0, 0.05) is 25.1 Å². The number of alkyl halides is 5. The third kappa shape index (κ3) is 3.24. The lowest BCUT2D eigenvalue weighted by Gasteiger charge is -2.19. The van der Waals surface area contributed by atoms with Crippen LogP contribution in [0.2, 0.25) is 0 Å². The Morgan fingerprint density at radius 3 is 2.38 bits per heavy atom. The summed E-state index contributed by atoms with van der Waals surface area (Å²) in [5.74, 6) is -2.48. The lowest BCUT2D eigenvalue weighted by Crippen LogP contribution is -2.42. The van der Waals surface area contributed by atoms with Gasteiger partial charge < -0.3 is 9.47 Å². The zero-order valence-corrected chi connectivity index (χ0v) is 14.5. The SMILES string of the molecule is COC1(c2nnc3cnc(-c4cnc(OC(F)(F)C(F)(F)F)c(F)c4)cn23)CC1. The molecule has 0 aromatic carbocycles. The van der Waals surface area contributed by atoms with Gasteiger partial charge in [-0.05, 0) is 18.9 Å². The maximum Gasteiger partial charge on any atom is 0.500 e. The standard InChI is InChI=1S/C16H11F6N5O2/c1-28-14(2-3-14)13-26-25-11-6-23-10(7-27(11)13)8-4-9(17)12(24-5-8)29-16(21,22)15(18,19)20/h4-7H,2-3H2,1H3. The van der Waals surface area contributed by atoms with Crippen molar-refractivity contribution in [3.63, 3.8) is 0 Å². The Bertz CT molecular complexity index is 1080. The van der Waals surface area contributed by atoms with Crippen molar-refractivity contribution in [2.75, 3.05) is 7.11 Å². The van der Waals surface area contributed by atoms with E-state index in [0.717, 1.165) is 19.0 Å². The predicted molar refractivity (Wildman–Crippen MR) is 83.5 cm³/mol. The summed E-state index contributed by atoms with van der Waals surface area (Å²) in [5.41, 5.74) is -0.00663. The van der Waals surface area contributed by atoms with Crippen LogP contribution in [-0.2, 0) is 10.3 Å². The first-order valence-electron chi connectivity index (χ1n) is 8.12. The van der Waals surface area contributed by atoms with Gasteiger partial charge in [-0.2, -0.15) is 22.0 Å². The van der Waals surface area contributed by atoms with Crippen LogP contribution in [0.5, 0.6) is 5.88 Å². The maximum atomic E-state index is 14.1. The van der Waals surface area contributed by atoms with Gasteiger partial charge in [-0.25, -0.2) is 9.37 Å². The maximum absolute atomic E-state index is 14.1. The number of aromatic nitrogens is 5. The van der Waals surface area contributed by atoms with E-state index in [0.29, 0.717) is 17.5 Å². The fourth-order valence-corrected chi connectivity index (χ4v) is 2.71. The molecule has 1 saturated carbocycles. The Kier molecular flexibility index (Phi) is 4.19. The molecule has 154 valence electrons. The van der Waals surface area contributed by atoms with E-state index in [9.17, 15) is 26.3 Å². The molecule has 4 rings (SSSR count). The van der Waals surface area contributed by atoms with E-state index in [-0.39, 0.29) is 11.3 Å². The number of nitrogens with zero attached hydrogens (tertiary/aromatic N) is 5. The van der Waals surface area contributed by atoms with Gasteiger partial charge in [0.25, 0.3) is 5.88 Å². The summed E-state index contributed by atoms with van der Waals surface area (Å²) in [7, 11) is 1.53. The highest BCUT2D eigenvalue weighted by atomic mass is 19.4. The highest BCUT2D eigenvalue weighted by Crippen LogP contribution is 2.47. The van der Waals surface area contributed by atoms with E-state index >= 15 is 0 Å². The van der Waals surface area contributed by atoms with Gasteiger partial charge >= 0.3 is 12.3 Å². The molecule has 0 atom stereocenters. The molecule has 0 saturated heterocycles. The van der Waals surface area contributed by atoms with Crippen molar-refractivity contribution >= 4 is 5.65 Å².